The van der Waals surface area contributed by atoms with Gasteiger partial charge in [0.1, 0.15) is 5.84 Å². The van der Waals surface area contributed by atoms with Crippen LogP contribution in [0.3, 0.4) is 0 Å². The molecule has 1 aromatic carbocycles. The van der Waals surface area contributed by atoms with E-state index in [1.165, 1.54) is 6.92 Å². The van der Waals surface area contributed by atoms with Gasteiger partial charge < -0.3 is 10.6 Å². The van der Waals surface area contributed by atoms with Crippen LogP contribution >= 0.6 is 11.6 Å². The lowest BCUT2D eigenvalue weighted by Gasteiger charge is -2.16. The van der Waals surface area contributed by atoms with E-state index in [9.17, 15) is 4.79 Å². The minimum absolute atomic E-state index is 0.123. The van der Waals surface area contributed by atoms with E-state index in [4.69, 9.17) is 11.6 Å². The summed E-state index contributed by atoms with van der Waals surface area (Å²) in [6.45, 7) is 6.21. The quantitative estimate of drug-likeness (QED) is 0.634. The van der Waals surface area contributed by atoms with Gasteiger partial charge in [-0.05, 0) is 31.2 Å². The molecular formula is C19H22ClN3O. The second-order valence-corrected chi connectivity index (χ2v) is 6.04. The molecule has 1 aliphatic rings. The van der Waals surface area contributed by atoms with E-state index >= 15 is 0 Å². The number of carbonyl (C=O) groups excluding carboxylic acids is 1. The number of nitrogens with zero attached hydrogens (tertiary/aromatic N) is 1. The average Bonchev–Trinajstić information content (AvgIpc) is 2.56. The third-order valence-electron chi connectivity index (χ3n) is 3.63. The highest BCUT2D eigenvalue weighted by atomic mass is 35.5. The second kappa shape index (κ2) is 8.62. The van der Waals surface area contributed by atoms with Crippen molar-refractivity contribution in [3.8, 4) is 0 Å². The maximum absolute atomic E-state index is 11.6. The van der Waals surface area contributed by atoms with E-state index in [0.29, 0.717) is 28.7 Å². The standard InChI is InChI=1S/C19H22ClN3O/c1-13(16-7-5-4-6-8-16)22-19(23-14(2)24)17-11-15(12-21-3)9-10-18(17)20/h4-7,9-11,16,21H,1,8,12H2,2-3H3,(H,22,23,24). The molecule has 2 N–H and O–H groups in total. The number of hydrogen-bond acceptors (Lipinski definition) is 3. The summed E-state index contributed by atoms with van der Waals surface area (Å²) in [5.74, 6) is 0.354. The predicted octanol–water partition coefficient (Wildman–Crippen LogP) is 3.59. The van der Waals surface area contributed by atoms with Crippen LogP contribution < -0.4 is 10.6 Å². The number of hydrogen-bond donors (Lipinski definition) is 2. The molecule has 1 aliphatic carbocycles. The molecule has 0 aromatic heterocycles. The molecule has 2 rings (SSSR count). The Labute approximate surface area is 148 Å². The van der Waals surface area contributed by atoms with Crippen molar-refractivity contribution in [2.45, 2.75) is 19.9 Å². The smallest absolute Gasteiger partial charge is 0.222 e. The summed E-state index contributed by atoms with van der Waals surface area (Å²) in [5, 5.41) is 6.41. The van der Waals surface area contributed by atoms with Gasteiger partial charge >= 0.3 is 0 Å². The molecule has 1 unspecified atom stereocenters. The van der Waals surface area contributed by atoms with E-state index < -0.39 is 0 Å². The van der Waals surface area contributed by atoms with Crippen molar-refractivity contribution in [1.82, 2.24) is 10.6 Å². The molecule has 4 nitrogen and oxygen atoms in total. The van der Waals surface area contributed by atoms with Gasteiger partial charge in [0.05, 0.1) is 5.02 Å². The number of allylic oxidation sites excluding steroid dienone is 4. The fraction of sp³-hybridized carbons (Fsp3) is 0.263. The van der Waals surface area contributed by atoms with Crippen molar-refractivity contribution in [2.24, 2.45) is 10.9 Å². The zero-order chi connectivity index (χ0) is 17.5. The number of rotatable bonds is 5. The van der Waals surface area contributed by atoms with Crippen molar-refractivity contribution in [1.29, 1.82) is 0 Å². The number of amides is 1. The normalized spacial score (nSPS) is 17.0. The maximum Gasteiger partial charge on any atom is 0.222 e. The molecule has 0 saturated heterocycles. The summed E-state index contributed by atoms with van der Waals surface area (Å²) < 4.78 is 0. The summed E-state index contributed by atoms with van der Waals surface area (Å²) in [6.07, 6.45) is 8.95. The molecule has 5 heteroatoms. The Hall–Kier alpha value is -2.17. The van der Waals surface area contributed by atoms with Crippen molar-refractivity contribution < 1.29 is 4.79 Å². The van der Waals surface area contributed by atoms with Gasteiger partial charge in [0.2, 0.25) is 5.91 Å². The first kappa shape index (κ1) is 18.2. The first-order chi connectivity index (χ1) is 11.5. The first-order valence-corrected chi connectivity index (χ1v) is 8.21. The van der Waals surface area contributed by atoms with Crippen LogP contribution in [0.5, 0.6) is 0 Å². The summed E-state index contributed by atoms with van der Waals surface area (Å²) >= 11 is 6.34. The molecule has 0 radical (unpaired) electrons. The first-order valence-electron chi connectivity index (χ1n) is 7.83. The third kappa shape index (κ3) is 4.91. The molecule has 1 atom stereocenters. The van der Waals surface area contributed by atoms with Crippen molar-refractivity contribution in [3.05, 3.63) is 70.9 Å². The molecule has 0 aliphatic heterocycles. The largest absolute Gasteiger partial charge is 0.316 e. The fourth-order valence-corrected chi connectivity index (χ4v) is 2.65. The Morgan fingerprint density at radius 3 is 2.83 bits per heavy atom. The number of benzene rings is 1. The van der Waals surface area contributed by atoms with Crippen LogP contribution in [-0.4, -0.2) is 18.8 Å². The van der Waals surface area contributed by atoms with Gasteiger partial charge in [-0.25, -0.2) is 4.99 Å². The minimum Gasteiger partial charge on any atom is -0.316 e. The van der Waals surface area contributed by atoms with Crippen LogP contribution in [-0.2, 0) is 11.3 Å². The molecule has 1 aromatic rings. The van der Waals surface area contributed by atoms with Crippen LogP contribution in [0.2, 0.25) is 5.02 Å². The summed E-state index contributed by atoms with van der Waals surface area (Å²) in [7, 11) is 1.88. The monoisotopic (exact) mass is 343 g/mol. The molecule has 0 saturated carbocycles. The highest BCUT2D eigenvalue weighted by molar-refractivity contribution is 6.34. The Morgan fingerprint density at radius 2 is 2.21 bits per heavy atom. The van der Waals surface area contributed by atoms with Crippen LogP contribution in [0.15, 0.2) is 59.8 Å². The molecule has 0 bridgehead atoms. The Kier molecular flexibility index (Phi) is 6.53. The number of aliphatic imine (C=N–C) groups is 1. The van der Waals surface area contributed by atoms with Crippen molar-refractivity contribution in [3.63, 3.8) is 0 Å². The highest BCUT2D eigenvalue weighted by Crippen LogP contribution is 2.23. The van der Waals surface area contributed by atoms with Gasteiger partial charge in [-0.2, -0.15) is 0 Å². The lowest BCUT2D eigenvalue weighted by molar-refractivity contribution is -0.117. The number of halogens is 1. The Balaban J connectivity index is 2.37. The summed E-state index contributed by atoms with van der Waals surface area (Å²) in [6, 6.07) is 5.68. The van der Waals surface area contributed by atoms with E-state index in [0.717, 1.165) is 12.0 Å². The topological polar surface area (TPSA) is 53.5 Å². The number of amidine groups is 1. The van der Waals surface area contributed by atoms with Crippen LogP contribution in [0.1, 0.15) is 24.5 Å². The lowest BCUT2D eigenvalue weighted by Crippen LogP contribution is -2.30. The highest BCUT2D eigenvalue weighted by Gasteiger charge is 2.15. The number of nitrogens with one attached hydrogen (secondary N) is 2. The third-order valence-corrected chi connectivity index (χ3v) is 3.95. The zero-order valence-corrected chi connectivity index (χ0v) is 14.7. The lowest BCUT2D eigenvalue weighted by atomic mass is 9.98. The summed E-state index contributed by atoms with van der Waals surface area (Å²) in [5.41, 5.74) is 2.44. The molecule has 1 amide bonds. The fourth-order valence-electron chi connectivity index (χ4n) is 2.44. The molecule has 126 valence electrons. The molecule has 0 spiro atoms. The van der Waals surface area contributed by atoms with Crippen molar-refractivity contribution >= 4 is 23.3 Å². The number of carbonyl (C=O) groups is 1. The van der Waals surface area contributed by atoms with Gasteiger partial charge in [-0.1, -0.05) is 48.6 Å². The van der Waals surface area contributed by atoms with Gasteiger partial charge in [0, 0.05) is 30.6 Å². The molecule has 0 fully saturated rings. The average molecular weight is 344 g/mol. The minimum atomic E-state index is -0.198. The Bertz CT molecular complexity index is 719. The molecular weight excluding hydrogens is 322 g/mol. The van der Waals surface area contributed by atoms with Gasteiger partial charge in [-0.15, -0.1) is 0 Å². The predicted molar refractivity (Wildman–Crippen MR) is 100 cm³/mol. The Morgan fingerprint density at radius 1 is 1.42 bits per heavy atom. The molecule has 24 heavy (non-hydrogen) atoms. The van der Waals surface area contributed by atoms with Gasteiger partial charge in [0.15, 0.2) is 0 Å². The second-order valence-electron chi connectivity index (χ2n) is 5.63. The summed E-state index contributed by atoms with van der Waals surface area (Å²) in [4.78, 5) is 16.2. The van der Waals surface area contributed by atoms with Crippen molar-refractivity contribution in [2.75, 3.05) is 7.05 Å². The van der Waals surface area contributed by atoms with E-state index in [1.54, 1.807) is 0 Å². The SMILES string of the molecule is C=C(N=C(NC(C)=O)c1cc(CNC)ccc1Cl)C1C=CC=CC1. The van der Waals surface area contributed by atoms with Crippen LogP contribution in [0.25, 0.3) is 0 Å². The molecule has 0 heterocycles. The van der Waals surface area contributed by atoms with E-state index in [1.807, 2.05) is 37.4 Å². The maximum atomic E-state index is 11.6. The zero-order valence-electron chi connectivity index (χ0n) is 14.0. The van der Waals surface area contributed by atoms with E-state index in [2.05, 4.69) is 34.4 Å². The van der Waals surface area contributed by atoms with Gasteiger partial charge in [-0.3, -0.25) is 4.79 Å². The van der Waals surface area contributed by atoms with Gasteiger partial charge in [0.25, 0.3) is 0 Å². The van der Waals surface area contributed by atoms with Crippen LogP contribution in [0, 0.1) is 5.92 Å². The van der Waals surface area contributed by atoms with Crippen LogP contribution in [0.4, 0.5) is 0 Å². The van der Waals surface area contributed by atoms with E-state index in [-0.39, 0.29) is 11.8 Å².